The fourth-order valence-electron chi connectivity index (χ4n) is 3.18. The van der Waals surface area contributed by atoms with E-state index in [-0.39, 0.29) is 13.2 Å². The van der Waals surface area contributed by atoms with Gasteiger partial charge in [-0.05, 0) is 0 Å². The molecule has 2 saturated heterocycles. The van der Waals surface area contributed by atoms with E-state index >= 15 is 0 Å². The minimum atomic E-state index is -3.66. The molecule has 2 heterocycles. The Labute approximate surface area is 164 Å². The summed E-state index contributed by atoms with van der Waals surface area (Å²) in [6, 6.07) is 8.45. The summed E-state index contributed by atoms with van der Waals surface area (Å²) in [5, 5.41) is 13.7. The normalized spacial score (nSPS) is 33.2. The molecule has 10 heteroatoms. The molecule has 2 aliphatic rings. The highest BCUT2D eigenvalue weighted by molar-refractivity contribution is 7.51. The predicted octanol–water partition coefficient (Wildman–Crippen LogP) is 1.75. The Bertz CT molecular complexity index is 681. The summed E-state index contributed by atoms with van der Waals surface area (Å²) >= 11 is 0. The summed E-state index contributed by atoms with van der Waals surface area (Å²) in [6.45, 7) is 3.98. The predicted molar refractivity (Wildman–Crippen MR) is 99.4 cm³/mol. The molecule has 0 amide bonds. The third kappa shape index (κ3) is 4.71. The first-order chi connectivity index (χ1) is 13.5. The molecule has 3 rings (SSSR count). The number of fused-ring (bicyclic) bond motifs is 1. The molecule has 6 atom stereocenters. The summed E-state index contributed by atoms with van der Waals surface area (Å²) in [5.74, 6) is 0. The van der Waals surface area contributed by atoms with Gasteiger partial charge in [0.2, 0.25) is 0 Å². The molecule has 9 nitrogen and oxygen atoms in total. The van der Waals surface area contributed by atoms with Gasteiger partial charge in [0.1, 0.15) is 18.3 Å². The largest absolute Gasteiger partial charge is 0.405 e. The molecule has 1 aromatic rings. The van der Waals surface area contributed by atoms with Crippen molar-refractivity contribution in [3.63, 3.8) is 0 Å². The van der Waals surface area contributed by atoms with E-state index in [0.29, 0.717) is 0 Å². The molecule has 28 heavy (non-hydrogen) atoms. The SMILES string of the molecule is C=CCO[C@@H]1O[C@@H]2COC(c3ccccc3)O[C@H]2[C@H](O)[C@H]1NP(=O)(OC)OC. The van der Waals surface area contributed by atoms with Crippen molar-refractivity contribution in [2.75, 3.05) is 27.4 Å². The minimum absolute atomic E-state index is 0.172. The third-order valence-corrected chi connectivity index (χ3v) is 6.18. The van der Waals surface area contributed by atoms with Gasteiger partial charge in [0, 0.05) is 19.8 Å². The average Bonchev–Trinajstić information content (AvgIpc) is 2.74. The van der Waals surface area contributed by atoms with Crippen molar-refractivity contribution in [1.82, 2.24) is 5.09 Å². The number of ether oxygens (including phenoxy) is 4. The first-order valence-electron chi connectivity index (χ1n) is 8.88. The van der Waals surface area contributed by atoms with Gasteiger partial charge < -0.3 is 33.1 Å². The first kappa shape index (κ1) is 21.6. The lowest BCUT2D eigenvalue weighted by Gasteiger charge is -2.48. The van der Waals surface area contributed by atoms with E-state index in [1.807, 2.05) is 30.3 Å². The molecule has 2 aliphatic heterocycles. The van der Waals surface area contributed by atoms with Gasteiger partial charge in [0.25, 0.3) is 0 Å². The molecule has 1 unspecified atom stereocenters. The van der Waals surface area contributed by atoms with E-state index in [2.05, 4.69) is 11.7 Å². The van der Waals surface area contributed by atoms with Crippen LogP contribution in [-0.2, 0) is 32.6 Å². The Balaban J connectivity index is 1.79. The second-order valence-electron chi connectivity index (χ2n) is 6.35. The van der Waals surface area contributed by atoms with Crippen LogP contribution in [0.25, 0.3) is 0 Å². The molecule has 0 radical (unpaired) electrons. The monoisotopic (exact) mass is 415 g/mol. The second-order valence-corrected chi connectivity index (χ2v) is 8.33. The van der Waals surface area contributed by atoms with Crippen LogP contribution in [0.5, 0.6) is 0 Å². The van der Waals surface area contributed by atoms with Crippen molar-refractivity contribution in [2.24, 2.45) is 0 Å². The Kier molecular flexibility index (Phi) is 7.38. The number of nitrogens with one attached hydrogen (secondary N) is 1. The van der Waals surface area contributed by atoms with Gasteiger partial charge in [0.15, 0.2) is 12.6 Å². The second kappa shape index (κ2) is 9.58. The van der Waals surface area contributed by atoms with E-state index in [0.717, 1.165) is 5.56 Å². The van der Waals surface area contributed by atoms with Gasteiger partial charge in [-0.3, -0.25) is 0 Å². The number of hydrogen-bond acceptors (Lipinski definition) is 8. The third-order valence-electron chi connectivity index (χ3n) is 4.60. The lowest BCUT2D eigenvalue weighted by atomic mass is 9.96. The van der Waals surface area contributed by atoms with Gasteiger partial charge in [-0.25, -0.2) is 9.65 Å². The van der Waals surface area contributed by atoms with Crippen LogP contribution in [0.15, 0.2) is 43.0 Å². The summed E-state index contributed by atoms with van der Waals surface area (Å²) in [6.07, 6.45) is -2.46. The lowest BCUT2D eigenvalue weighted by molar-refractivity contribution is -0.342. The van der Waals surface area contributed by atoms with Crippen molar-refractivity contribution in [3.8, 4) is 0 Å². The molecule has 1 aromatic carbocycles. The zero-order valence-electron chi connectivity index (χ0n) is 15.8. The summed E-state index contributed by atoms with van der Waals surface area (Å²) < 4.78 is 45.7. The zero-order valence-corrected chi connectivity index (χ0v) is 16.7. The Morgan fingerprint density at radius 2 is 2.00 bits per heavy atom. The topological polar surface area (TPSA) is 105 Å². The van der Waals surface area contributed by atoms with Crippen LogP contribution in [0.2, 0.25) is 0 Å². The Hall–Kier alpha value is -1.13. The average molecular weight is 415 g/mol. The van der Waals surface area contributed by atoms with Gasteiger partial charge >= 0.3 is 7.75 Å². The van der Waals surface area contributed by atoms with Crippen LogP contribution < -0.4 is 5.09 Å². The van der Waals surface area contributed by atoms with Crippen LogP contribution in [-0.4, -0.2) is 63.2 Å². The molecule has 0 aromatic heterocycles. The van der Waals surface area contributed by atoms with Crippen molar-refractivity contribution < 1.29 is 37.7 Å². The van der Waals surface area contributed by atoms with E-state index in [1.165, 1.54) is 14.2 Å². The van der Waals surface area contributed by atoms with E-state index in [9.17, 15) is 9.67 Å². The molecular weight excluding hydrogens is 389 g/mol. The summed E-state index contributed by atoms with van der Waals surface area (Å²) in [7, 11) is -1.18. The van der Waals surface area contributed by atoms with Crippen molar-refractivity contribution in [2.45, 2.75) is 36.9 Å². The molecule has 0 spiro atoms. The first-order valence-corrected chi connectivity index (χ1v) is 10.4. The molecule has 0 saturated carbocycles. The maximum atomic E-state index is 12.6. The van der Waals surface area contributed by atoms with Gasteiger partial charge in [-0.1, -0.05) is 36.4 Å². The standard InChI is InChI=1S/C18H26NO8P/c1-4-10-24-18-14(19-28(21,22-2)23-3)15(20)16-13(26-18)11-25-17(27-16)12-8-6-5-7-9-12/h4-9,13-18,20H,1,10-11H2,2-3H3,(H,19,21)/t13-,14-,15-,16-,17?,18-/m1/s1. The van der Waals surface area contributed by atoms with Crippen molar-refractivity contribution in [3.05, 3.63) is 48.6 Å². The molecule has 2 fully saturated rings. The van der Waals surface area contributed by atoms with E-state index < -0.39 is 44.7 Å². The zero-order chi connectivity index (χ0) is 20.1. The summed E-state index contributed by atoms with van der Waals surface area (Å²) in [4.78, 5) is 0. The Morgan fingerprint density at radius 1 is 1.29 bits per heavy atom. The maximum absolute atomic E-state index is 12.6. The molecule has 0 bridgehead atoms. The number of benzene rings is 1. The molecule has 2 N–H and O–H groups in total. The number of rotatable bonds is 8. The highest BCUT2D eigenvalue weighted by atomic mass is 31.2. The van der Waals surface area contributed by atoms with Crippen LogP contribution in [0.3, 0.4) is 0 Å². The lowest BCUT2D eigenvalue weighted by Crippen LogP contribution is -2.65. The number of aliphatic hydroxyl groups is 1. The van der Waals surface area contributed by atoms with Crippen molar-refractivity contribution >= 4 is 7.75 Å². The van der Waals surface area contributed by atoms with Crippen molar-refractivity contribution in [1.29, 1.82) is 0 Å². The highest BCUT2D eigenvalue weighted by Crippen LogP contribution is 2.44. The van der Waals surface area contributed by atoms with Gasteiger partial charge in [-0.15, -0.1) is 6.58 Å². The smallest absolute Gasteiger partial charge is 0.388 e. The van der Waals surface area contributed by atoms with E-state index in [1.54, 1.807) is 6.08 Å². The van der Waals surface area contributed by atoms with E-state index in [4.69, 9.17) is 28.0 Å². The fraction of sp³-hybridized carbons (Fsp3) is 0.556. The minimum Gasteiger partial charge on any atom is -0.388 e. The maximum Gasteiger partial charge on any atom is 0.405 e. The number of hydrogen-bond donors (Lipinski definition) is 2. The molecule has 156 valence electrons. The van der Waals surface area contributed by atoms with Crippen LogP contribution in [0.4, 0.5) is 0 Å². The Morgan fingerprint density at radius 3 is 2.64 bits per heavy atom. The van der Waals surface area contributed by atoms with Gasteiger partial charge in [-0.2, -0.15) is 0 Å². The van der Waals surface area contributed by atoms with Crippen LogP contribution in [0.1, 0.15) is 11.9 Å². The highest BCUT2D eigenvalue weighted by Gasteiger charge is 2.51. The van der Waals surface area contributed by atoms with Gasteiger partial charge in [0.05, 0.1) is 19.3 Å². The number of aliphatic hydroxyl groups excluding tert-OH is 1. The quantitative estimate of drug-likeness (QED) is 0.485. The van der Waals surface area contributed by atoms with Crippen LogP contribution in [0, 0.1) is 0 Å². The summed E-state index contributed by atoms with van der Waals surface area (Å²) in [5.41, 5.74) is 0.821. The van der Waals surface area contributed by atoms with Crippen LogP contribution >= 0.6 is 7.75 Å². The molecular formula is C18H26NO8P. The molecule has 0 aliphatic carbocycles. The fourth-order valence-corrected chi connectivity index (χ4v) is 4.18.